The molecule has 1 fully saturated rings. The Labute approximate surface area is 79.2 Å². The number of benzene rings is 1. The molecule has 0 amide bonds. The number of rotatable bonds is 0. The highest BCUT2D eigenvalue weighted by Gasteiger charge is 2.49. The first-order valence-corrected chi connectivity index (χ1v) is 5.07. The zero-order chi connectivity index (χ0) is 9.05. The van der Waals surface area contributed by atoms with Crippen molar-refractivity contribution in [3.05, 3.63) is 35.4 Å². The van der Waals surface area contributed by atoms with Crippen LogP contribution >= 0.6 is 0 Å². The van der Waals surface area contributed by atoms with Crippen LogP contribution in [0, 0.1) is 0 Å². The topological polar surface area (TPSA) is 12.0 Å². The summed E-state index contributed by atoms with van der Waals surface area (Å²) in [5, 5.41) is 3.66. The van der Waals surface area contributed by atoms with E-state index in [0.29, 0.717) is 17.5 Å². The number of hydrogen-bond donors (Lipinski definition) is 1. The lowest BCUT2D eigenvalue weighted by Gasteiger charge is -2.56. The zero-order valence-electron chi connectivity index (χ0n) is 8.17. The first kappa shape index (κ1) is 7.57. The van der Waals surface area contributed by atoms with Crippen molar-refractivity contribution in [2.24, 2.45) is 0 Å². The van der Waals surface area contributed by atoms with Crippen LogP contribution in [-0.2, 0) is 0 Å². The Bertz CT molecular complexity index is 350. The molecule has 1 N–H and O–H groups in total. The molecule has 1 aliphatic carbocycles. The van der Waals surface area contributed by atoms with E-state index in [2.05, 4.69) is 43.4 Å². The molecular formula is C12H15N. The molecule has 3 aliphatic rings. The van der Waals surface area contributed by atoms with Crippen molar-refractivity contribution < 1.29 is 0 Å². The fraction of sp³-hybridized carbons (Fsp3) is 0.500. The highest BCUT2D eigenvalue weighted by molar-refractivity contribution is 5.42. The summed E-state index contributed by atoms with van der Waals surface area (Å²) in [6.45, 7) is 4.67. The predicted octanol–water partition coefficient (Wildman–Crippen LogP) is 2.60. The third-order valence-electron chi connectivity index (χ3n) is 3.93. The summed E-state index contributed by atoms with van der Waals surface area (Å²) >= 11 is 0. The van der Waals surface area contributed by atoms with Gasteiger partial charge in [-0.1, -0.05) is 31.2 Å². The van der Waals surface area contributed by atoms with Crippen molar-refractivity contribution in [2.45, 2.75) is 37.8 Å². The quantitative estimate of drug-likeness (QED) is 0.636. The molecule has 0 radical (unpaired) electrons. The standard InChI is InChI=1S/C12H15N/c1-8-9-5-3-4-6-10(9)11-7-12(8,2)13-11/h3-6,8,11,13H,7H2,1-2H3. The summed E-state index contributed by atoms with van der Waals surface area (Å²) in [5.41, 5.74) is 3.46. The van der Waals surface area contributed by atoms with Crippen LogP contribution in [0.15, 0.2) is 24.3 Å². The first-order valence-electron chi connectivity index (χ1n) is 5.07. The van der Waals surface area contributed by atoms with Gasteiger partial charge in [-0.2, -0.15) is 0 Å². The molecule has 1 aromatic rings. The lowest BCUT2D eigenvalue weighted by atomic mass is 9.63. The van der Waals surface area contributed by atoms with Gasteiger partial charge in [-0.15, -0.1) is 0 Å². The Kier molecular flexibility index (Phi) is 1.26. The Morgan fingerprint density at radius 1 is 1.31 bits per heavy atom. The van der Waals surface area contributed by atoms with Crippen LogP contribution in [0.25, 0.3) is 0 Å². The molecule has 0 saturated carbocycles. The van der Waals surface area contributed by atoms with Gasteiger partial charge in [0.25, 0.3) is 0 Å². The highest BCUT2D eigenvalue weighted by atomic mass is 15.1. The predicted molar refractivity (Wildman–Crippen MR) is 53.8 cm³/mol. The minimum Gasteiger partial charge on any atom is -0.304 e. The Balaban J connectivity index is 2.18. The third-order valence-corrected chi connectivity index (χ3v) is 3.93. The van der Waals surface area contributed by atoms with Crippen LogP contribution in [-0.4, -0.2) is 5.54 Å². The fourth-order valence-corrected chi connectivity index (χ4v) is 2.86. The average molecular weight is 173 g/mol. The van der Waals surface area contributed by atoms with Crippen LogP contribution in [0.2, 0.25) is 0 Å². The molecule has 68 valence electrons. The van der Waals surface area contributed by atoms with Crippen LogP contribution in [0.1, 0.15) is 43.4 Å². The molecule has 2 aliphatic heterocycles. The van der Waals surface area contributed by atoms with E-state index in [9.17, 15) is 0 Å². The van der Waals surface area contributed by atoms with Crippen LogP contribution in [0.3, 0.4) is 0 Å². The second-order valence-corrected chi connectivity index (χ2v) is 4.67. The van der Waals surface area contributed by atoms with Gasteiger partial charge >= 0.3 is 0 Å². The highest BCUT2D eigenvalue weighted by Crippen LogP contribution is 2.51. The maximum atomic E-state index is 3.66. The second kappa shape index (κ2) is 2.16. The zero-order valence-corrected chi connectivity index (χ0v) is 8.17. The normalized spacial score (nSPS) is 40.8. The molecule has 2 heterocycles. The Morgan fingerprint density at radius 2 is 1.92 bits per heavy atom. The molecule has 13 heavy (non-hydrogen) atoms. The molecular weight excluding hydrogens is 158 g/mol. The monoisotopic (exact) mass is 173 g/mol. The lowest BCUT2D eigenvalue weighted by Crippen LogP contribution is -2.62. The van der Waals surface area contributed by atoms with E-state index in [0.717, 1.165) is 0 Å². The van der Waals surface area contributed by atoms with Gasteiger partial charge in [-0.25, -0.2) is 0 Å². The number of nitrogens with one attached hydrogen (secondary N) is 1. The third kappa shape index (κ3) is 0.806. The summed E-state index contributed by atoms with van der Waals surface area (Å²) < 4.78 is 0. The lowest BCUT2D eigenvalue weighted by molar-refractivity contribution is 0.106. The fourth-order valence-electron chi connectivity index (χ4n) is 2.86. The molecule has 0 aromatic heterocycles. The SMILES string of the molecule is CC1c2ccccc2C2CC1(C)N2. The Hall–Kier alpha value is -0.820. The van der Waals surface area contributed by atoms with Gasteiger partial charge in [0.2, 0.25) is 0 Å². The van der Waals surface area contributed by atoms with Crippen LogP contribution in [0.5, 0.6) is 0 Å². The molecule has 4 rings (SSSR count). The molecule has 0 spiro atoms. The maximum Gasteiger partial charge on any atom is 0.0345 e. The Morgan fingerprint density at radius 3 is 2.62 bits per heavy atom. The molecule has 2 bridgehead atoms. The smallest absolute Gasteiger partial charge is 0.0345 e. The molecule has 1 saturated heterocycles. The van der Waals surface area contributed by atoms with Gasteiger partial charge in [0.15, 0.2) is 0 Å². The van der Waals surface area contributed by atoms with Gasteiger partial charge in [0, 0.05) is 11.6 Å². The van der Waals surface area contributed by atoms with Gasteiger partial charge in [-0.3, -0.25) is 0 Å². The molecule has 1 nitrogen and oxygen atoms in total. The molecule has 3 atom stereocenters. The second-order valence-electron chi connectivity index (χ2n) is 4.67. The van der Waals surface area contributed by atoms with E-state index in [1.807, 2.05) is 0 Å². The summed E-state index contributed by atoms with van der Waals surface area (Å²) in [6, 6.07) is 9.49. The minimum absolute atomic E-state index is 0.374. The van der Waals surface area contributed by atoms with Gasteiger partial charge in [-0.05, 0) is 30.4 Å². The van der Waals surface area contributed by atoms with E-state index in [4.69, 9.17) is 0 Å². The average Bonchev–Trinajstić information content (AvgIpc) is 2.10. The molecule has 1 aromatic carbocycles. The summed E-state index contributed by atoms with van der Waals surface area (Å²) in [5.74, 6) is 0.661. The van der Waals surface area contributed by atoms with Crippen molar-refractivity contribution in [1.29, 1.82) is 0 Å². The summed E-state index contributed by atoms with van der Waals surface area (Å²) in [7, 11) is 0. The van der Waals surface area contributed by atoms with Crippen molar-refractivity contribution in [3.63, 3.8) is 0 Å². The van der Waals surface area contributed by atoms with Crippen molar-refractivity contribution in [3.8, 4) is 0 Å². The van der Waals surface area contributed by atoms with Crippen molar-refractivity contribution in [1.82, 2.24) is 5.32 Å². The molecule has 3 unspecified atom stereocenters. The maximum absolute atomic E-state index is 3.66. The van der Waals surface area contributed by atoms with E-state index >= 15 is 0 Å². The first-order chi connectivity index (χ1) is 6.21. The summed E-state index contributed by atoms with van der Waals surface area (Å²) in [4.78, 5) is 0. The largest absolute Gasteiger partial charge is 0.304 e. The van der Waals surface area contributed by atoms with E-state index in [1.54, 1.807) is 5.56 Å². The van der Waals surface area contributed by atoms with E-state index in [1.165, 1.54) is 12.0 Å². The van der Waals surface area contributed by atoms with E-state index in [-0.39, 0.29) is 0 Å². The number of hydrogen-bond acceptors (Lipinski definition) is 1. The minimum atomic E-state index is 0.374. The van der Waals surface area contributed by atoms with Gasteiger partial charge in [0.1, 0.15) is 0 Å². The van der Waals surface area contributed by atoms with Crippen molar-refractivity contribution in [2.75, 3.05) is 0 Å². The van der Waals surface area contributed by atoms with Crippen molar-refractivity contribution >= 4 is 0 Å². The van der Waals surface area contributed by atoms with Gasteiger partial charge < -0.3 is 5.32 Å². The van der Waals surface area contributed by atoms with Crippen LogP contribution < -0.4 is 5.32 Å². The van der Waals surface area contributed by atoms with Crippen LogP contribution in [0.4, 0.5) is 0 Å². The summed E-state index contributed by atoms with van der Waals surface area (Å²) in [6.07, 6.45) is 1.31. The molecule has 1 heteroatoms. The van der Waals surface area contributed by atoms with E-state index < -0.39 is 0 Å². The van der Waals surface area contributed by atoms with Gasteiger partial charge in [0.05, 0.1) is 0 Å².